The summed E-state index contributed by atoms with van der Waals surface area (Å²) >= 11 is 1.40. The molecule has 2 N–H and O–H groups in total. The van der Waals surface area contributed by atoms with Gasteiger partial charge in [-0.3, -0.25) is 9.69 Å². The first-order valence-corrected chi connectivity index (χ1v) is 9.35. The summed E-state index contributed by atoms with van der Waals surface area (Å²) in [7, 11) is 0. The number of hydrogen-bond acceptors (Lipinski definition) is 6. The van der Waals surface area contributed by atoms with E-state index in [0.717, 1.165) is 44.2 Å². The first-order valence-electron chi connectivity index (χ1n) is 8.53. The van der Waals surface area contributed by atoms with Crippen LogP contribution in [-0.4, -0.2) is 60.7 Å². The van der Waals surface area contributed by atoms with E-state index in [1.54, 1.807) is 6.20 Å². The number of piperidine rings is 2. The largest absolute Gasteiger partial charge is 0.377 e. The highest BCUT2D eigenvalue weighted by Gasteiger charge is 2.29. The van der Waals surface area contributed by atoms with Crippen molar-refractivity contribution >= 4 is 22.4 Å². The van der Waals surface area contributed by atoms with Gasteiger partial charge >= 0.3 is 0 Å². The number of carbonyl (C=O) groups excluding carboxylic acids is 1. The molecular weight excluding hydrogens is 312 g/mol. The number of primary amides is 1. The first kappa shape index (κ1) is 16.7. The van der Waals surface area contributed by atoms with Crippen LogP contribution in [0.3, 0.4) is 0 Å². The monoisotopic (exact) mass is 338 g/mol. The normalized spacial score (nSPS) is 24.0. The molecule has 2 aliphatic rings. The van der Waals surface area contributed by atoms with E-state index in [0.29, 0.717) is 17.0 Å². The number of ether oxygens (including phenoxy) is 1. The number of rotatable bonds is 5. The van der Waals surface area contributed by atoms with E-state index in [1.807, 2.05) is 0 Å². The topological polar surface area (TPSA) is 71.7 Å². The standard InChI is InChI=1S/C16H26N4O2S/c1-2-22-13-4-3-7-20(11-13)12-5-8-19(9-6-12)16-18-10-14(23-16)15(17)21/h10,12-13H,2-9,11H2,1H3,(H2,17,21)/t13-/m1/s1. The van der Waals surface area contributed by atoms with Crippen LogP contribution in [0.1, 0.15) is 42.3 Å². The number of hydrogen-bond donors (Lipinski definition) is 1. The highest BCUT2D eigenvalue weighted by molar-refractivity contribution is 7.17. The fourth-order valence-corrected chi connectivity index (χ4v) is 4.44. The van der Waals surface area contributed by atoms with Crippen molar-refractivity contribution in [3.05, 3.63) is 11.1 Å². The van der Waals surface area contributed by atoms with Gasteiger partial charge in [-0.05, 0) is 39.2 Å². The second-order valence-corrected chi connectivity index (χ2v) is 7.31. The summed E-state index contributed by atoms with van der Waals surface area (Å²) in [4.78, 5) is 21.0. The van der Waals surface area contributed by atoms with Gasteiger partial charge in [0.1, 0.15) is 4.88 Å². The summed E-state index contributed by atoms with van der Waals surface area (Å²) < 4.78 is 5.82. The van der Waals surface area contributed by atoms with Crippen molar-refractivity contribution in [3.63, 3.8) is 0 Å². The average molecular weight is 338 g/mol. The van der Waals surface area contributed by atoms with Gasteiger partial charge in [0.15, 0.2) is 5.13 Å². The highest BCUT2D eigenvalue weighted by Crippen LogP contribution is 2.28. The Hall–Kier alpha value is -1.18. The quantitative estimate of drug-likeness (QED) is 0.885. The van der Waals surface area contributed by atoms with Crippen LogP contribution in [0.25, 0.3) is 0 Å². The zero-order valence-electron chi connectivity index (χ0n) is 13.7. The van der Waals surface area contributed by atoms with Crippen LogP contribution in [-0.2, 0) is 4.74 Å². The van der Waals surface area contributed by atoms with E-state index in [2.05, 4.69) is 21.7 Å². The number of amides is 1. The number of carbonyl (C=O) groups is 1. The summed E-state index contributed by atoms with van der Waals surface area (Å²) in [6.07, 6.45) is 6.71. The second-order valence-electron chi connectivity index (χ2n) is 6.30. The van der Waals surface area contributed by atoms with Gasteiger partial charge in [-0.2, -0.15) is 0 Å². The number of anilines is 1. The third-order valence-corrected chi connectivity index (χ3v) is 5.87. The SMILES string of the molecule is CCO[C@@H]1CCCN(C2CCN(c3ncc(C(N)=O)s3)CC2)C1. The van der Waals surface area contributed by atoms with Gasteiger partial charge in [-0.1, -0.05) is 11.3 Å². The third kappa shape index (κ3) is 4.02. The van der Waals surface area contributed by atoms with Crippen LogP contribution in [0.5, 0.6) is 0 Å². The summed E-state index contributed by atoms with van der Waals surface area (Å²) in [6.45, 7) is 7.13. The Bertz CT molecular complexity index is 526. The maximum atomic E-state index is 11.2. The molecule has 0 unspecified atom stereocenters. The number of nitrogens with two attached hydrogens (primary N) is 1. The molecule has 2 aliphatic heterocycles. The van der Waals surface area contributed by atoms with Gasteiger partial charge in [0.25, 0.3) is 5.91 Å². The molecule has 128 valence electrons. The predicted octanol–water partition coefficient (Wildman–Crippen LogP) is 1.71. The Morgan fingerprint density at radius 3 is 2.83 bits per heavy atom. The van der Waals surface area contributed by atoms with E-state index in [1.165, 1.54) is 30.7 Å². The molecular formula is C16H26N4O2S. The van der Waals surface area contributed by atoms with E-state index in [4.69, 9.17) is 10.5 Å². The Kier molecular flexibility index (Phi) is 5.50. The van der Waals surface area contributed by atoms with Crippen molar-refractivity contribution in [3.8, 4) is 0 Å². The van der Waals surface area contributed by atoms with E-state index < -0.39 is 0 Å². The molecule has 0 bridgehead atoms. The number of likely N-dealkylation sites (tertiary alicyclic amines) is 1. The molecule has 0 saturated carbocycles. The molecule has 23 heavy (non-hydrogen) atoms. The minimum atomic E-state index is -0.390. The summed E-state index contributed by atoms with van der Waals surface area (Å²) in [5.74, 6) is -0.390. The molecule has 3 heterocycles. The lowest BCUT2D eigenvalue weighted by atomic mass is 9.99. The van der Waals surface area contributed by atoms with Gasteiger partial charge in [-0.25, -0.2) is 4.98 Å². The lowest BCUT2D eigenvalue weighted by Gasteiger charge is -2.42. The molecule has 0 aliphatic carbocycles. The molecule has 3 rings (SSSR count). The molecule has 2 saturated heterocycles. The van der Waals surface area contributed by atoms with E-state index in [-0.39, 0.29) is 5.91 Å². The minimum absolute atomic E-state index is 0.390. The maximum absolute atomic E-state index is 11.2. The lowest BCUT2D eigenvalue weighted by molar-refractivity contribution is -0.0105. The zero-order valence-corrected chi connectivity index (χ0v) is 14.6. The molecule has 1 amide bonds. The second kappa shape index (κ2) is 7.59. The number of aromatic nitrogens is 1. The Morgan fingerprint density at radius 1 is 1.39 bits per heavy atom. The summed E-state index contributed by atoms with van der Waals surface area (Å²) in [5.41, 5.74) is 5.31. The zero-order chi connectivity index (χ0) is 16.2. The Labute approximate surface area is 141 Å². The van der Waals surface area contributed by atoms with Crippen LogP contribution in [0.2, 0.25) is 0 Å². The molecule has 6 nitrogen and oxygen atoms in total. The van der Waals surface area contributed by atoms with Crippen LogP contribution >= 0.6 is 11.3 Å². The average Bonchev–Trinajstić information content (AvgIpc) is 3.06. The van der Waals surface area contributed by atoms with Crippen molar-refractivity contribution in [1.29, 1.82) is 0 Å². The molecule has 2 fully saturated rings. The molecule has 1 aromatic heterocycles. The number of nitrogens with zero attached hydrogens (tertiary/aromatic N) is 3. The molecule has 0 radical (unpaired) electrons. The summed E-state index contributed by atoms with van der Waals surface area (Å²) in [5, 5.41) is 0.920. The van der Waals surface area contributed by atoms with E-state index in [9.17, 15) is 4.79 Å². The van der Waals surface area contributed by atoms with Gasteiger partial charge in [0.05, 0.1) is 12.3 Å². The van der Waals surface area contributed by atoms with Crippen LogP contribution < -0.4 is 10.6 Å². The first-order chi connectivity index (χ1) is 11.2. The van der Waals surface area contributed by atoms with Gasteiger partial charge in [0.2, 0.25) is 0 Å². The van der Waals surface area contributed by atoms with Crippen molar-refractivity contribution in [1.82, 2.24) is 9.88 Å². The highest BCUT2D eigenvalue weighted by atomic mass is 32.1. The molecule has 1 aromatic rings. The number of thiazole rings is 1. The van der Waals surface area contributed by atoms with E-state index >= 15 is 0 Å². The van der Waals surface area contributed by atoms with Gasteiger partial charge in [0, 0.05) is 32.3 Å². The van der Waals surface area contributed by atoms with Crippen LogP contribution in [0.4, 0.5) is 5.13 Å². The minimum Gasteiger partial charge on any atom is -0.377 e. The smallest absolute Gasteiger partial charge is 0.260 e. The fourth-order valence-electron chi connectivity index (χ4n) is 3.62. The van der Waals surface area contributed by atoms with Crippen LogP contribution in [0.15, 0.2) is 6.20 Å². The van der Waals surface area contributed by atoms with Crippen molar-refractivity contribution < 1.29 is 9.53 Å². The molecule has 0 aromatic carbocycles. The molecule has 0 spiro atoms. The molecule has 1 atom stereocenters. The van der Waals surface area contributed by atoms with Crippen molar-refractivity contribution in [2.24, 2.45) is 5.73 Å². The Balaban J connectivity index is 1.52. The fraction of sp³-hybridized carbons (Fsp3) is 0.750. The van der Waals surface area contributed by atoms with Crippen molar-refractivity contribution in [2.75, 3.05) is 37.7 Å². The summed E-state index contributed by atoms with van der Waals surface area (Å²) in [6, 6.07) is 0.644. The predicted molar refractivity (Wildman–Crippen MR) is 92.1 cm³/mol. The molecule has 7 heteroatoms. The van der Waals surface area contributed by atoms with Crippen molar-refractivity contribution in [2.45, 2.75) is 44.8 Å². The van der Waals surface area contributed by atoms with Crippen LogP contribution in [0, 0.1) is 0 Å². The lowest BCUT2D eigenvalue weighted by Crippen LogP contribution is -2.50. The third-order valence-electron chi connectivity index (χ3n) is 4.80. The van der Waals surface area contributed by atoms with Gasteiger partial charge < -0.3 is 15.4 Å². The van der Waals surface area contributed by atoms with Gasteiger partial charge in [-0.15, -0.1) is 0 Å². The Morgan fingerprint density at radius 2 is 2.17 bits per heavy atom. The maximum Gasteiger partial charge on any atom is 0.260 e.